The molecule has 150 valence electrons. The van der Waals surface area contributed by atoms with Gasteiger partial charge in [0.05, 0.1) is 17.6 Å². The average Bonchev–Trinajstić information content (AvgIpc) is 2.59. The average molecular weight is 429 g/mol. The van der Waals surface area contributed by atoms with Crippen molar-refractivity contribution in [3.8, 4) is 6.07 Å². The number of nitrogens with zero attached hydrogens (tertiary/aromatic N) is 2. The maximum absolute atomic E-state index is 13.3. The summed E-state index contributed by atoms with van der Waals surface area (Å²) in [6.45, 7) is 11.1. The Kier molecular flexibility index (Phi) is 6.81. The lowest BCUT2D eigenvalue weighted by Gasteiger charge is -2.41. The fraction of sp³-hybridized carbons (Fsp3) is 0.632. The molecule has 1 aliphatic heterocycles. The van der Waals surface area contributed by atoms with E-state index in [1.165, 1.54) is 16.4 Å². The van der Waals surface area contributed by atoms with Crippen molar-refractivity contribution in [3.05, 3.63) is 29.3 Å². The van der Waals surface area contributed by atoms with Crippen LogP contribution in [0.25, 0.3) is 0 Å². The SMILES string of the molecule is CC(C)(C)[Si](C)(C)OCC1CCCC(C#N)N1S(=O)(=O)c1ccc(Cl)cc1. The van der Waals surface area contributed by atoms with Crippen LogP contribution in [0.1, 0.15) is 40.0 Å². The summed E-state index contributed by atoms with van der Waals surface area (Å²) in [5.41, 5.74) is 0. The van der Waals surface area contributed by atoms with E-state index in [9.17, 15) is 13.7 Å². The zero-order valence-electron chi connectivity index (χ0n) is 16.7. The van der Waals surface area contributed by atoms with E-state index in [0.717, 1.165) is 6.42 Å². The highest BCUT2D eigenvalue weighted by Crippen LogP contribution is 2.38. The maximum Gasteiger partial charge on any atom is 0.244 e. The van der Waals surface area contributed by atoms with Crippen molar-refractivity contribution in [2.24, 2.45) is 0 Å². The Morgan fingerprint density at radius 2 is 1.85 bits per heavy atom. The van der Waals surface area contributed by atoms with Crippen LogP contribution in [-0.4, -0.2) is 39.7 Å². The third-order valence-electron chi connectivity index (χ3n) is 5.66. The lowest BCUT2D eigenvalue weighted by molar-refractivity contribution is 0.139. The highest BCUT2D eigenvalue weighted by molar-refractivity contribution is 7.89. The molecular formula is C19H29ClN2O3SSi. The van der Waals surface area contributed by atoms with E-state index in [1.54, 1.807) is 12.1 Å². The molecule has 0 aromatic heterocycles. The van der Waals surface area contributed by atoms with Crippen LogP contribution in [0, 0.1) is 11.3 Å². The van der Waals surface area contributed by atoms with Crippen LogP contribution in [-0.2, 0) is 14.4 Å². The van der Waals surface area contributed by atoms with Crippen LogP contribution in [0.2, 0.25) is 23.2 Å². The van der Waals surface area contributed by atoms with Crippen molar-refractivity contribution in [1.29, 1.82) is 5.26 Å². The molecule has 1 aromatic carbocycles. The first-order valence-electron chi connectivity index (χ1n) is 9.23. The number of hydrogen-bond donors (Lipinski definition) is 0. The number of nitriles is 1. The summed E-state index contributed by atoms with van der Waals surface area (Å²) in [5, 5.41) is 10.1. The summed E-state index contributed by atoms with van der Waals surface area (Å²) in [7, 11) is -5.82. The molecule has 2 rings (SSSR count). The van der Waals surface area contributed by atoms with Gasteiger partial charge in [-0.05, 0) is 61.7 Å². The van der Waals surface area contributed by atoms with E-state index in [1.807, 2.05) is 0 Å². The Labute approximate surface area is 169 Å². The van der Waals surface area contributed by atoms with Crippen LogP contribution in [0.3, 0.4) is 0 Å². The highest BCUT2D eigenvalue weighted by atomic mass is 35.5. The van der Waals surface area contributed by atoms with Crippen LogP contribution in [0.15, 0.2) is 29.2 Å². The third-order valence-corrected chi connectivity index (χ3v) is 12.4. The van der Waals surface area contributed by atoms with E-state index in [0.29, 0.717) is 24.5 Å². The molecule has 1 heterocycles. The molecular weight excluding hydrogens is 400 g/mol. The van der Waals surface area contributed by atoms with E-state index >= 15 is 0 Å². The van der Waals surface area contributed by atoms with E-state index < -0.39 is 24.4 Å². The lowest BCUT2D eigenvalue weighted by Crippen LogP contribution is -2.53. The summed E-state index contributed by atoms with van der Waals surface area (Å²) < 4.78 is 34.3. The van der Waals surface area contributed by atoms with Crippen molar-refractivity contribution in [2.45, 2.75) is 75.1 Å². The zero-order valence-corrected chi connectivity index (χ0v) is 19.3. The van der Waals surface area contributed by atoms with Gasteiger partial charge in [0, 0.05) is 11.1 Å². The summed E-state index contributed by atoms with van der Waals surface area (Å²) >= 11 is 5.90. The predicted molar refractivity (Wildman–Crippen MR) is 111 cm³/mol. The van der Waals surface area contributed by atoms with Gasteiger partial charge in [-0.1, -0.05) is 32.4 Å². The van der Waals surface area contributed by atoms with Gasteiger partial charge in [-0.3, -0.25) is 0 Å². The van der Waals surface area contributed by atoms with Gasteiger partial charge in [-0.2, -0.15) is 9.57 Å². The molecule has 27 heavy (non-hydrogen) atoms. The minimum atomic E-state index is -3.80. The second-order valence-corrected chi connectivity index (χ2v) is 15.7. The lowest BCUT2D eigenvalue weighted by atomic mass is 10.00. The van der Waals surface area contributed by atoms with Gasteiger partial charge in [0.15, 0.2) is 8.32 Å². The fourth-order valence-corrected chi connectivity index (χ4v) is 5.88. The molecule has 0 amide bonds. The van der Waals surface area contributed by atoms with Crippen LogP contribution >= 0.6 is 11.6 Å². The Morgan fingerprint density at radius 1 is 1.26 bits per heavy atom. The van der Waals surface area contributed by atoms with Gasteiger partial charge in [0.1, 0.15) is 6.04 Å². The second-order valence-electron chi connectivity index (χ2n) is 8.59. The summed E-state index contributed by atoms with van der Waals surface area (Å²) in [6.07, 6.45) is 2.05. The van der Waals surface area contributed by atoms with Crippen LogP contribution in [0.5, 0.6) is 0 Å². The number of halogens is 1. The van der Waals surface area contributed by atoms with Crippen molar-refractivity contribution in [1.82, 2.24) is 4.31 Å². The molecule has 0 spiro atoms. The number of piperidine rings is 1. The van der Waals surface area contributed by atoms with Crippen molar-refractivity contribution in [3.63, 3.8) is 0 Å². The molecule has 1 aliphatic rings. The van der Waals surface area contributed by atoms with Gasteiger partial charge in [0.2, 0.25) is 10.0 Å². The molecule has 1 saturated heterocycles. The highest BCUT2D eigenvalue weighted by Gasteiger charge is 2.43. The minimum absolute atomic E-state index is 0.0379. The number of benzene rings is 1. The number of rotatable bonds is 5. The largest absolute Gasteiger partial charge is 0.415 e. The molecule has 1 aromatic rings. The van der Waals surface area contributed by atoms with Crippen molar-refractivity contribution >= 4 is 29.9 Å². The van der Waals surface area contributed by atoms with E-state index in [2.05, 4.69) is 39.9 Å². The molecule has 2 atom stereocenters. The van der Waals surface area contributed by atoms with Crippen LogP contribution < -0.4 is 0 Å². The Morgan fingerprint density at radius 3 is 2.37 bits per heavy atom. The molecule has 0 radical (unpaired) electrons. The van der Waals surface area contributed by atoms with E-state index in [-0.39, 0.29) is 16.0 Å². The fourth-order valence-electron chi connectivity index (χ4n) is 2.95. The van der Waals surface area contributed by atoms with Crippen LogP contribution in [0.4, 0.5) is 0 Å². The van der Waals surface area contributed by atoms with Gasteiger partial charge in [-0.25, -0.2) is 8.42 Å². The Balaban J connectivity index is 2.33. The summed E-state index contributed by atoms with van der Waals surface area (Å²) in [6, 6.07) is 7.26. The zero-order chi connectivity index (χ0) is 20.5. The molecule has 0 N–H and O–H groups in total. The standard InChI is InChI=1S/C19H29ClN2O3SSi/c1-19(2,3)27(4,5)25-14-17-8-6-7-16(13-21)22(17)26(23,24)18-11-9-15(20)10-12-18/h9-12,16-17H,6-8,14H2,1-5H3. The van der Waals surface area contributed by atoms with Gasteiger partial charge in [0.25, 0.3) is 0 Å². The maximum atomic E-state index is 13.3. The topological polar surface area (TPSA) is 70.4 Å². The van der Waals surface area contributed by atoms with Gasteiger partial charge < -0.3 is 4.43 Å². The number of sulfonamides is 1. The minimum Gasteiger partial charge on any atom is -0.415 e. The monoisotopic (exact) mass is 428 g/mol. The van der Waals surface area contributed by atoms with Crippen molar-refractivity contribution < 1.29 is 12.8 Å². The Bertz CT molecular complexity index is 798. The number of hydrogen-bond acceptors (Lipinski definition) is 4. The van der Waals surface area contributed by atoms with E-state index in [4.69, 9.17) is 16.0 Å². The molecule has 1 fully saturated rings. The normalized spacial score (nSPS) is 22.4. The summed E-state index contributed by atoms with van der Waals surface area (Å²) in [5.74, 6) is 0. The molecule has 0 saturated carbocycles. The first-order valence-corrected chi connectivity index (χ1v) is 14.0. The first-order chi connectivity index (χ1) is 12.4. The molecule has 8 heteroatoms. The molecule has 5 nitrogen and oxygen atoms in total. The Hall–Kier alpha value is -0.913. The van der Waals surface area contributed by atoms with Gasteiger partial charge in [-0.15, -0.1) is 0 Å². The second kappa shape index (κ2) is 8.22. The predicted octanol–water partition coefficient (Wildman–Crippen LogP) is 4.80. The smallest absolute Gasteiger partial charge is 0.244 e. The van der Waals surface area contributed by atoms with Crippen molar-refractivity contribution in [2.75, 3.05) is 6.61 Å². The summed E-state index contributed by atoms with van der Waals surface area (Å²) in [4.78, 5) is 0.159. The third kappa shape index (κ3) is 4.93. The molecule has 0 aliphatic carbocycles. The molecule has 2 unspecified atom stereocenters. The first kappa shape index (κ1) is 22.4. The quantitative estimate of drug-likeness (QED) is 0.631. The van der Waals surface area contributed by atoms with Gasteiger partial charge >= 0.3 is 0 Å². The molecule has 0 bridgehead atoms.